The lowest BCUT2D eigenvalue weighted by Gasteiger charge is -2.01. The van der Waals surface area contributed by atoms with E-state index in [0.29, 0.717) is 0 Å². The van der Waals surface area contributed by atoms with Gasteiger partial charge in [0, 0.05) is 26.2 Å². The Hall–Kier alpha value is -2.38. The van der Waals surface area contributed by atoms with Crippen molar-refractivity contribution in [2.45, 2.75) is 0 Å². The predicted octanol–water partition coefficient (Wildman–Crippen LogP) is -1.88. The molecule has 0 aromatic rings. The quantitative estimate of drug-likeness (QED) is 0.426. The molecule has 0 spiro atoms. The standard InChI is InChI=1S/C10H14N2O6/c1-11-7(13)5-17-9(15)3-4-10(16)18-6-8(14)12-2/h3-4H,5-6H2,1-2H3,(H,11,13)(H,12,14)/b4-3-. The van der Waals surface area contributed by atoms with Gasteiger partial charge in [-0.15, -0.1) is 0 Å². The molecule has 0 atom stereocenters. The summed E-state index contributed by atoms with van der Waals surface area (Å²) in [6.45, 7) is -0.875. The van der Waals surface area contributed by atoms with Crippen LogP contribution in [-0.4, -0.2) is 51.1 Å². The van der Waals surface area contributed by atoms with Gasteiger partial charge in [0.15, 0.2) is 13.2 Å². The van der Waals surface area contributed by atoms with E-state index in [2.05, 4.69) is 20.1 Å². The van der Waals surface area contributed by atoms with E-state index in [0.717, 1.165) is 12.2 Å². The van der Waals surface area contributed by atoms with Crippen LogP contribution >= 0.6 is 0 Å². The third-order valence-corrected chi connectivity index (χ3v) is 1.60. The molecular weight excluding hydrogens is 244 g/mol. The summed E-state index contributed by atoms with van der Waals surface area (Å²) in [6.07, 6.45) is 1.60. The van der Waals surface area contributed by atoms with Crippen molar-refractivity contribution in [3.8, 4) is 0 Å². The van der Waals surface area contributed by atoms with Crippen LogP contribution in [0.15, 0.2) is 12.2 Å². The van der Waals surface area contributed by atoms with E-state index < -0.39 is 37.0 Å². The van der Waals surface area contributed by atoms with E-state index in [1.165, 1.54) is 14.1 Å². The number of carbonyl (C=O) groups excluding carboxylic acids is 4. The maximum Gasteiger partial charge on any atom is 0.331 e. The minimum Gasteiger partial charge on any atom is -0.452 e. The first-order valence-electron chi connectivity index (χ1n) is 4.92. The van der Waals surface area contributed by atoms with Crippen molar-refractivity contribution < 1.29 is 28.7 Å². The van der Waals surface area contributed by atoms with Crippen LogP contribution in [0.2, 0.25) is 0 Å². The summed E-state index contributed by atoms with van der Waals surface area (Å²) in [4.78, 5) is 43.4. The topological polar surface area (TPSA) is 111 Å². The second-order valence-electron chi connectivity index (χ2n) is 2.90. The van der Waals surface area contributed by atoms with Crippen molar-refractivity contribution in [2.75, 3.05) is 27.3 Å². The first-order chi connectivity index (χ1) is 8.49. The molecule has 0 rings (SSSR count). The van der Waals surface area contributed by atoms with Crippen LogP contribution in [0.4, 0.5) is 0 Å². The van der Waals surface area contributed by atoms with Gasteiger partial charge in [0.05, 0.1) is 0 Å². The molecule has 0 fully saturated rings. The molecule has 18 heavy (non-hydrogen) atoms. The minimum atomic E-state index is -0.865. The molecule has 0 aliphatic rings. The number of ether oxygens (including phenoxy) is 2. The number of hydrogen-bond donors (Lipinski definition) is 2. The Morgan fingerprint density at radius 2 is 1.17 bits per heavy atom. The summed E-state index contributed by atoms with van der Waals surface area (Å²) >= 11 is 0. The zero-order valence-corrected chi connectivity index (χ0v) is 10.0. The van der Waals surface area contributed by atoms with Crippen LogP contribution in [0.5, 0.6) is 0 Å². The Bertz CT molecular complexity index is 329. The van der Waals surface area contributed by atoms with Crippen molar-refractivity contribution >= 4 is 23.8 Å². The van der Waals surface area contributed by atoms with Gasteiger partial charge in [-0.1, -0.05) is 0 Å². The molecule has 0 saturated carbocycles. The molecule has 0 saturated heterocycles. The largest absolute Gasteiger partial charge is 0.452 e. The lowest BCUT2D eigenvalue weighted by atomic mass is 10.5. The highest BCUT2D eigenvalue weighted by Crippen LogP contribution is 1.86. The van der Waals surface area contributed by atoms with Gasteiger partial charge >= 0.3 is 11.9 Å². The third kappa shape index (κ3) is 7.85. The zero-order valence-electron chi connectivity index (χ0n) is 10.0. The highest BCUT2D eigenvalue weighted by atomic mass is 16.5. The van der Waals surface area contributed by atoms with Crippen LogP contribution in [0.1, 0.15) is 0 Å². The zero-order chi connectivity index (χ0) is 14.0. The monoisotopic (exact) mass is 258 g/mol. The fourth-order valence-corrected chi connectivity index (χ4v) is 0.650. The average Bonchev–Trinajstić information content (AvgIpc) is 2.39. The van der Waals surface area contributed by atoms with Gasteiger partial charge in [0.25, 0.3) is 11.8 Å². The number of amides is 2. The lowest BCUT2D eigenvalue weighted by molar-refractivity contribution is -0.145. The maximum absolute atomic E-state index is 11.0. The summed E-state index contributed by atoms with van der Waals surface area (Å²) in [5.74, 6) is -2.68. The number of likely N-dealkylation sites (N-methyl/N-ethyl adjacent to an activating group) is 2. The fraction of sp³-hybridized carbons (Fsp3) is 0.400. The maximum atomic E-state index is 11.0. The summed E-state index contributed by atoms with van der Waals surface area (Å²) < 4.78 is 8.93. The van der Waals surface area contributed by atoms with Crippen LogP contribution in [0, 0.1) is 0 Å². The van der Waals surface area contributed by atoms with E-state index in [9.17, 15) is 19.2 Å². The smallest absolute Gasteiger partial charge is 0.331 e. The van der Waals surface area contributed by atoms with Crippen molar-refractivity contribution in [3.05, 3.63) is 12.2 Å². The summed E-state index contributed by atoms with van der Waals surface area (Å²) in [7, 11) is 2.78. The minimum absolute atomic E-state index is 0.438. The number of carbonyl (C=O) groups is 4. The normalized spacial score (nSPS) is 9.67. The highest BCUT2D eigenvalue weighted by Gasteiger charge is 2.05. The lowest BCUT2D eigenvalue weighted by Crippen LogP contribution is -2.25. The second-order valence-corrected chi connectivity index (χ2v) is 2.90. The van der Waals surface area contributed by atoms with Crippen LogP contribution in [0.3, 0.4) is 0 Å². The van der Waals surface area contributed by atoms with Gasteiger partial charge in [-0.05, 0) is 0 Å². The first-order valence-corrected chi connectivity index (χ1v) is 4.92. The molecule has 0 aromatic heterocycles. The van der Waals surface area contributed by atoms with E-state index >= 15 is 0 Å². The molecule has 2 N–H and O–H groups in total. The Kier molecular flexibility index (Phi) is 7.58. The van der Waals surface area contributed by atoms with Crippen LogP contribution in [-0.2, 0) is 28.7 Å². The van der Waals surface area contributed by atoms with Gasteiger partial charge in [-0.3, -0.25) is 9.59 Å². The highest BCUT2D eigenvalue weighted by molar-refractivity contribution is 5.93. The molecule has 0 bridgehead atoms. The van der Waals surface area contributed by atoms with E-state index in [4.69, 9.17) is 0 Å². The Balaban J connectivity index is 3.92. The summed E-state index contributed by atoms with van der Waals surface area (Å²) in [5.41, 5.74) is 0. The van der Waals surface area contributed by atoms with E-state index in [1.807, 2.05) is 0 Å². The van der Waals surface area contributed by atoms with Crippen LogP contribution in [0.25, 0.3) is 0 Å². The molecule has 0 aliphatic carbocycles. The molecule has 0 radical (unpaired) electrons. The van der Waals surface area contributed by atoms with Crippen molar-refractivity contribution in [2.24, 2.45) is 0 Å². The summed E-state index contributed by atoms with van der Waals surface area (Å²) in [5, 5.41) is 4.50. The first kappa shape index (κ1) is 15.6. The molecule has 8 heteroatoms. The molecule has 0 unspecified atom stereocenters. The second kappa shape index (κ2) is 8.74. The Morgan fingerprint density at radius 3 is 1.44 bits per heavy atom. The third-order valence-electron chi connectivity index (χ3n) is 1.60. The fourth-order valence-electron chi connectivity index (χ4n) is 0.650. The van der Waals surface area contributed by atoms with Gasteiger partial charge in [0.1, 0.15) is 0 Å². The SMILES string of the molecule is CNC(=O)COC(=O)/C=C\C(=O)OCC(=O)NC. The number of nitrogens with one attached hydrogen (secondary N) is 2. The number of rotatable bonds is 6. The molecule has 0 heterocycles. The molecule has 2 amide bonds. The van der Waals surface area contributed by atoms with Gasteiger partial charge in [-0.25, -0.2) is 9.59 Å². The van der Waals surface area contributed by atoms with E-state index in [-0.39, 0.29) is 0 Å². The molecule has 0 aromatic carbocycles. The molecular formula is C10H14N2O6. The van der Waals surface area contributed by atoms with Crippen molar-refractivity contribution in [1.29, 1.82) is 0 Å². The number of hydrogen-bond acceptors (Lipinski definition) is 6. The Morgan fingerprint density at radius 1 is 0.833 bits per heavy atom. The average molecular weight is 258 g/mol. The molecule has 0 aliphatic heterocycles. The molecule has 8 nitrogen and oxygen atoms in total. The summed E-state index contributed by atoms with van der Waals surface area (Å²) in [6, 6.07) is 0. The van der Waals surface area contributed by atoms with Crippen molar-refractivity contribution in [1.82, 2.24) is 10.6 Å². The molecule has 100 valence electrons. The predicted molar refractivity (Wildman–Crippen MR) is 59.2 cm³/mol. The number of esters is 2. The van der Waals surface area contributed by atoms with Gasteiger partial charge in [0.2, 0.25) is 0 Å². The van der Waals surface area contributed by atoms with Gasteiger partial charge in [-0.2, -0.15) is 0 Å². The van der Waals surface area contributed by atoms with Crippen LogP contribution < -0.4 is 10.6 Å². The van der Waals surface area contributed by atoms with E-state index in [1.54, 1.807) is 0 Å². The Labute approximate surface area is 103 Å². The van der Waals surface area contributed by atoms with Crippen molar-refractivity contribution in [3.63, 3.8) is 0 Å². The van der Waals surface area contributed by atoms with Gasteiger partial charge < -0.3 is 20.1 Å².